The highest BCUT2D eigenvalue weighted by molar-refractivity contribution is 7.18. The van der Waals surface area contributed by atoms with E-state index in [1.54, 1.807) is 0 Å². The van der Waals surface area contributed by atoms with E-state index in [0.29, 0.717) is 0 Å². The van der Waals surface area contributed by atoms with Crippen molar-refractivity contribution in [3.63, 3.8) is 0 Å². The fourth-order valence-corrected chi connectivity index (χ4v) is 4.48. The number of aryl methyl sites for hydroxylation is 1. The van der Waals surface area contributed by atoms with Crippen LogP contribution in [0.1, 0.15) is 50.5 Å². The third-order valence-corrected chi connectivity index (χ3v) is 5.97. The Balaban J connectivity index is 1.38. The molecule has 2 heterocycles. The topological polar surface area (TPSA) is 16.1 Å². The van der Waals surface area contributed by atoms with Gasteiger partial charge in [-0.2, -0.15) is 0 Å². The lowest BCUT2D eigenvalue weighted by molar-refractivity contribution is 0.176. The first-order chi connectivity index (χ1) is 10.8. The number of hydrogen-bond donors (Lipinski definition) is 0. The van der Waals surface area contributed by atoms with Crippen molar-refractivity contribution in [2.45, 2.75) is 51.9 Å². The number of rotatable bonds is 7. The van der Waals surface area contributed by atoms with Crippen LogP contribution in [0.3, 0.4) is 0 Å². The van der Waals surface area contributed by atoms with Gasteiger partial charge < -0.3 is 4.90 Å². The Morgan fingerprint density at radius 3 is 2.77 bits per heavy atom. The second-order valence-electron chi connectivity index (χ2n) is 6.61. The van der Waals surface area contributed by atoms with Gasteiger partial charge in [0.1, 0.15) is 0 Å². The number of nitrogens with zero attached hydrogens (tertiary/aromatic N) is 2. The quantitative estimate of drug-likeness (QED) is 0.704. The van der Waals surface area contributed by atoms with Crippen molar-refractivity contribution < 1.29 is 0 Å². The van der Waals surface area contributed by atoms with Crippen LogP contribution in [0, 0.1) is 5.92 Å². The van der Waals surface area contributed by atoms with Gasteiger partial charge in [-0.15, -0.1) is 11.3 Å². The van der Waals surface area contributed by atoms with Crippen LogP contribution in [-0.2, 0) is 6.42 Å². The Kier molecular flexibility index (Phi) is 5.85. The number of likely N-dealkylation sites (tertiary alicyclic amines) is 1. The van der Waals surface area contributed by atoms with E-state index in [1.807, 2.05) is 11.3 Å². The number of hydrogen-bond acceptors (Lipinski definition) is 3. The minimum Gasteiger partial charge on any atom is -0.303 e. The normalized spacial score (nSPS) is 17.3. The number of piperidine rings is 1. The summed E-state index contributed by atoms with van der Waals surface area (Å²) < 4.78 is 1.33. The van der Waals surface area contributed by atoms with Crippen LogP contribution in [0.25, 0.3) is 10.2 Å². The molecular formula is C19H28N2S. The molecule has 1 fully saturated rings. The minimum atomic E-state index is 1.00. The predicted octanol–water partition coefficient (Wildman–Crippen LogP) is 5.13. The molecule has 2 nitrogen and oxygen atoms in total. The molecule has 0 N–H and O–H groups in total. The van der Waals surface area contributed by atoms with E-state index < -0.39 is 0 Å². The van der Waals surface area contributed by atoms with E-state index in [1.165, 1.54) is 73.4 Å². The lowest BCUT2D eigenvalue weighted by atomic mass is 9.91. The van der Waals surface area contributed by atoms with Crippen LogP contribution in [0.15, 0.2) is 24.3 Å². The van der Waals surface area contributed by atoms with Gasteiger partial charge in [-0.25, -0.2) is 4.98 Å². The molecule has 22 heavy (non-hydrogen) atoms. The first-order valence-corrected chi connectivity index (χ1v) is 9.73. The molecule has 2 aromatic rings. The van der Waals surface area contributed by atoms with Gasteiger partial charge in [-0.05, 0) is 56.9 Å². The highest BCUT2D eigenvalue weighted by Crippen LogP contribution is 2.24. The first-order valence-electron chi connectivity index (χ1n) is 8.92. The lowest BCUT2D eigenvalue weighted by Gasteiger charge is -2.31. The molecule has 0 aliphatic carbocycles. The number of fused-ring (bicyclic) bond motifs is 1. The minimum absolute atomic E-state index is 1.00. The zero-order valence-corrected chi connectivity index (χ0v) is 14.6. The van der Waals surface area contributed by atoms with Crippen molar-refractivity contribution >= 4 is 21.6 Å². The number of para-hydroxylation sites is 1. The van der Waals surface area contributed by atoms with E-state index in [2.05, 4.69) is 36.1 Å². The summed E-state index contributed by atoms with van der Waals surface area (Å²) in [6.07, 6.45) is 9.44. The highest BCUT2D eigenvalue weighted by atomic mass is 32.1. The van der Waals surface area contributed by atoms with Crippen LogP contribution in [-0.4, -0.2) is 29.5 Å². The fourth-order valence-electron chi connectivity index (χ4n) is 3.47. The summed E-state index contributed by atoms with van der Waals surface area (Å²) in [6, 6.07) is 8.48. The molecule has 3 heteroatoms. The van der Waals surface area contributed by atoms with E-state index in [9.17, 15) is 0 Å². The summed E-state index contributed by atoms with van der Waals surface area (Å²) in [5, 5.41) is 1.30. The zero-order chi connectivity index (χ0) is 15.2. The summed E-state index contributed by atoms with van der Waals surface area (Å²) in [5.41, 5.74) is 1.17. The highest BCUT2D eigenvalue weighted by Gasteiger charge is 2.18. The molecule has 1 aromatic heterocycles. The Bertz CT molecular complexity index is 537. The van der Waals surface area contributed by atoms with Crippen LogP contribution < -0.4 is 0 Å². The van der Waals surface area contributed by atoms with Gasteiger partial charge in [0, 0.05) is 6.42 Å². The SMILES string of the molecule is CCCCC1CCN(CCCc2nc3ccccc3s2)CC1. The third kappa shape index (κ3) is 4.30. The molecule has 0 saturated carbocycles. The van der Waals surface area contributed by atoms with Crippen molar-refractivity contribution in [1.82, 2.24) is 9.88 Å². The molecule has 0 spiro atoms. The zero-order valence-electron chi connectivity index (χ0n) is 13.8. The van der Waals surface area contributed by atoms with Crippen LogP contribution in [0.5, 0.6) is 0 Å². The standard InChI is InChI=1S/C19H28N2S/c1-2-3-7-16-11-14-21(15-12-16)13-6-10-19-20-17-8-4-5-9-18(17)22-19/h4-5,8-9,16H,2-3,6-7,10-15H2,1H3. The van der Waals surface area contributed by atoms with Gasteiger partial charge in [0.25, 0.3) is 0 Å². The fraction of sp³-hybridized carbons (Fsp3) is 0.632. The lowest BCUT2D eigenvalue weighted by Crippen LogP contribution is -2.34. The number of benzene rings is 1. The molecule has 0 radical (unpaired) electrons. The van der Waals surface area contributed by atoms with E-state index in [0.717, 1.165) is 12.3 Å². The number of thiazole rings is 1. The maximum Gasteiger partial charge on any atom is 0.0939 e. The van der Waals surface area contributed by atoms with Crippen LogP contribution in [0.2, 0.25) is 0 Å². The second-order valence-corrected chi connectivity index (χ2v) is 7.72. The van der Waals surface area contributed by atoms with Gasteiger partial charge in [0.15, 0.2) is 0 Å². The maximum atomic E-state index is 4.74. The number of unbranched alkanes of at least 4 members (excludes halogenated alkanes) is 1. The van der Waals surface area contributed by atoms with Crippen LogP contribution >= 0.6 is 11.3 Å². The Morgan fingerprint density at radius 1 is 1.18 bits per heavy atom. The van der Waals surface area contributed by atoms with Gasteiger partial charge >= 0.3 is 0 Å². The largest absolute Gasteiger partial charge is 0.303 e. The molecular weight excluding hydrogens is 288 g/mol. The van der Waals surface area contributed by atoms with E-state index in [-0.39, 0.29) is 0 Å². The summed E-state index contributed by atoms with van der Waals surface area (Å²) in [5.74, 6) is 1.00. The molecule has 0 bridgehead atoms. The monoisotopic (exact) mass is 316 g/mol. The third-order valence-electron chi connectivity index (χ3n) is 4.88. The Labute approximate surface area is 138 Å². The maximum absolute atomic E-state index is 4.74. The average Bonchev–Trinajstić information content (AvgIpc) is 2.97. The van der Waals surface area contributed by atoms with Crippen molar-refractivity contribution in [1.29, 1.82) is 0 Å². The summed E-state index contributed by atoms with van der Waals surface area (Å²) in [7, 11) is 0. The van der Waals surface area contributed by atoms with Crippen LogP contribution in [0.4, 0.5) is 0 Å². The molecule has 0 unspecified atom stereocenters. The molecule has 1 saturated heterocycles. The number of aromatic nitrogens is 1. The van der Waals surface area contributed by atoms with Crippen molar-refractivity contribution in [2.75, 3.05) is 19.6 Å². The molecule has 120 valence electrons. The van der Waals surface area contributed by atoms with Gasteiger partial charge in [-0.1, -0.05) is 38.3 Å². The van der Waals surface area contributed by atoms with Crippen molar-refractivity contribution in [3.8, 4) is 0 Å². The van der Waals surface area contributed by atoms with Gasteiger partial charge in [-0.3, -0.25) is 0 Å². The molecule has 0 atom stereocenters. The summed E-state index contributed by atoms with van der Waals surface area (Å²) in [4.78, 5) is 7.40. The summed E-state index contributed by atoms with van der Waals surface area (Å²) in [6.45, 7) is 6.18. The Morgan fingerprint density at radius 2 is 2.00 bits per heavy atom. The molecule has 0 amide bonds. The summed E-state index contributed by atoms with van der Waals surface area (Å²) >= 11 is 1.86. The van der Waals surface area contributed by atoms with E-state index in [4.69, 9.17) is 4.98 Å². The Hall–Kier alpha value is -0.930. The van der Waals surface area contributed by atoms with Gasteiger partial charge in [0.2, 0.25) is 0 Å². The van der Waals surface area contributed by atoms with Gasteiger partial charge in [0.05, 0.1) is 15.2 Å². The average molecular weight is 317 g/mol. The molecule has 1 aliphatic rings. The molecule has 1 aromatic carbocycles. The first kappa shape index (κ1) is 15.9. The molecule has 3 rings (SSSR count). The predicted molar refractivity (Wildman–Crippen MR) is 96.6 cm³/mol. The molecule has 1 aliphatic heterocycles. The van der Waals surface area contributed by atoms with Crippen molar-refractivity contribution in [3.05, 3.63) is 29.3 Å². The van der Waals surface area contributed by atoms with E-state index >= 15 is 0 Å². The van der Waals surface area contributed by atoms with Crippen molar-refractivity contribution in [2.24, 2.45) is 5.92 Å². The second kappa shape index (κ2) is 8.07. The smallest absolute Gasteiger partial charge is 0.0939 e.